The summed E-state index contributed by atoms with van der Waals surface area (Å²) in [6.45, 7) is 0.0255. The van der Waals surface area contributed by atoms with Crippen molar-refractivity contribution >= 4 is 38.0 Å². The van der Waals surface area contributed by atoms with E-state index in [9.17, 15) is 13.2 Å². The van der Waals surface area contributed by atoms with Gasteiger partial charge in [0.05, 0.1) is 0 Å². The van der Waals surface area contributed by atoms with Crippen LogP contribution in [0, 0.1) is 0 Å². The lowest BCUT2D eigenvalue weighted by Gasteiger charge is -2.07. The molecule has 2 heterocycles. The Kier molecular flexibility index (Phi) is 3.59. The van der Waals surface area contributed by atoms with Crippen LogP contribution >= 0.6 is 11.3 Å². The van der Waals surface area contributed by atoms with Crippen LogP contribution in [0.2, 0.25) is 0 Å². The minimum absolute atomic E-state index is 0.0255. The van der Waals surface area contributed by atoms with Gasteiger partial charge in [0.2, 0.25) is 5.91 Å². The normalized spacial score (nSPS) is 15.4. The van der Waals surface area contributed by atoms with Crippen molar-refractivity contribution in [3.05, 3.63) is 11.6 Å². The summed E-state index contributed by atoms with van der Waals surface area (Å²) in [5.74, 6) is -0.195. The number of rotatable bonds is 6. The molecule has 0 aromatic carbocycles. The fourth-order valence-corrected chi connectivity index (χ4v) is 3.96. The lowest BCUT2D eigenvalue weighted by atomic mass is 10.4. The first-order valence-corrected chi connectivity index (χ1v) is 8.84. The molecule has 0 aliphatic heterocycles. The molecule has 10 heteroatoms. The fraction of sp³-hybridized carbons (Fsp3) is 0.455. The van der Waals surface area contributed by atoms with Crippen LogP contribution in [-0.4, -0.2) is 36.3 Å². The van der Waals surface area contributed by atoms with E-state index in [4.69, 9.17) is 5.73 Å². The van der Waals surface area contributed by atoms with Crippen LogP contribution in [0.1, 0.15) is 19.3 Å². The lowest BCUT2D eigenvalue weighted by molar-refractivity contribution is -0.121. The van der Waals surface area contributed by atoms with Crippen molar-refractivity contribution in [1.82, 2.24) is 19.4 Å². The maximum Gasteiger partial charge on any atom is 0.260 e. The van der Waals surface area contributed by atoms with Gasteiger partial charge in [0.1, 0.15) is 0 Å². The van der Waals surface area contributed by atoms with Crippen molar-refractivity contribution in [2.45, 2.75) is 30.3 Å². The standard InChI is InChI=1S/C11H15N5O3S2/c12-9-10(16-5-6-20-11(16)15-9)21(18,19)13-4-3-8(17)14-7-1-2-7/h5-7,13H,1-4,12H2,(H,14,17). The molecule has 2 aromatic rings. The fourth-order valence-electron chi connectivity index (χ4n) is 1.94. The zero-order valence-corrected chi connectivity index (χ0v) is 12.7. The van der Waals surface area contributed by atoms with Gasteiger partial charge in [0.15, 0.2) is 15.8 Å². The second-order valence-electron chi connectivity index (χ2n) is 4.85. The van der Waals surface area contributed by atoms with Gasteiger partial charge in [-0.05, 0) is 12.8 Å². The van der Waals surface area contributed by atoms with E-state index in [1.54, 1.807) is 11.6 Å². The number of nitrogens with one attached hydrogen (secondary N) is 2. The van der Waals surface area contributed by atoms with Crippen molar-refractivity contribution in [3.8, 4) is 0 Å². The Hall–Kier alpha value is -1.65. The summed E-state index contributed by atoms with van der Waals surface area (Å²) in [6.07, 6.45) is 3.69. The molecule has 21 heavy (non-hydrogen) atoms. The summed E-state index contributed by atoms with van der Waals surface area (Å²) in [5.41, 5.74) is 5.67. The van der Waals surface area contributed by atoms with Crippen molar-refractivity contribution in [2.75, 3.05) is 12.3 Å². The van der Waals surface area contributed by atoms with E-state index in [2.05, 4.69) is 15.0 Å². The van der Waals surface area contributed by atoms with Crippen molar-refractivity contribution in [3.63, 3.8) is 0 Å². The Labute approximate surface area is 125 Å². The second kappa shape index (κ2) is 5.28. The molecular weight excluding hydrogens is 314 g/mol. The quantitative estimate of drug-likeness (QED) is 0.685. The predicted molar refractivity (Wildman–Crippen MR) is 78.5 cm³/mol. The van der Waals surface area contributed by atoms with Gasteiger partial charge < -0.3 is 11.1 Å². The molecule has 0 bridgehead atoms. The first-order chi connectivity index (χ1) is 9.97. The Morgan fingerprint density at radius 1 is 1.52 bits per heavy atom. The Bertz CT molecular complexity index is 775. The zero-order chi connectivity index (χ0) is 15.0. The van der Waals surface area contributed by atoms with Gasteiger partial charge in [-0.3, -0.25) is 9.20 Å². The minimum Gasteiger partial charge on any atom is -0.381 e. The van der Waals surface area contributed by atoms with Crippen LogP contribution in [0.5, 0.6) is 0 Å². The molecule has 3 rings (SSSR count). The lowest BCUT2D eigenvalue weighted by Crippen LogP contribution is -2.32. The molecule has 4 N–H and O–H groups in total. The molecule has 8 nitrogen and oxygen atoms in total. The monoisotopic (exact) mass is 329 g/mol. The molecule has 0 radical (unpaired) electrons. The summed E-state index contributed by atoms with van der Waals surface area (Å²) >= 11 is 1.30. The number of nitrogen functional groups attached to an aromatic ring is 1. The molecule has 114 valence electrons. The number of sulfonamides is 1. The van der Waals surface area contributed by atoms with Gasteiger partial charge in [-0.15, -0.1) is 11.3 Å². The van der Waals surface area contributed by atoms with Gasteiger partial charge in [-0.25, -0.2) is 18.1 Å². The maximum atomic E-state index is 12.3. The number of carbonyl (C=O) groups excluding carboxylic acids is 1. The highest BCUT2D eigenvalue weighted by molar-refractivity contribution is 7.89. The predicted octanol–water partition coefficient (Wildman–Crippen LogP) is -0.0750. The average Bonchev–Trinajstić information content (AvgIpc) is 2.97. The number of amides is 1. The van der Waals surface area contributed by atoms with E-state index < -0.39 is 10.0 Å². The zero-order valence-electron chi connectivity index (χ0n) is 11.1. The van der Waals surface area contributed by atoms with Gasteiger partial charge in [0.25, 0.3) is 10.0 Å². The van der Waals surface area contributed by atoms with Gasteiger partial charge in [0, 0.05) is 30.6 Å². The third-order valence-electron chi connectivity index (χ3n) is 3.08. The van der Waals surface area contributed by atoms with E-state index in [0.717, 1.165) is 12.8 Å². The number of nitrogens with two attached hydrogens (primary N) is 1. The molecule has 1 fully saturated rings. The highest BCUT2D eigenvalue weighted by atomic mass is 32.2. The maximum absolute atomic E-state index is 12.3. The van der Waals surface area contributed by atoms with Gasteiger partial charge in [-0.2, -0.15) is 0 Å². The molecule has 2 aromatic heterocycles. The van der Waals surface area contributed by atoms with Crippen molar-refractivity contribution in [2.24, 2.45) is 0 Å². The number of aromatic nitrogens is 2. The van der Waals surface area contributed by atoms with Crippen LogP contribution < -0.4 is 15.8 Å². The second-order valence-corrected chi connectivity index (χ2v) is 7.40. The summed E-state index contributed by atoms with van der Waals surface area (Å²) in [6, 6.07) is 0.269. The summed E-state index contributed by atoms with van der Waals surface area (Å²) in [7, 11) is -3.80. The van der Waals surface area contributed by atoms with Gasteiger partial charge in [-0.1, -0.05) is 0 Å². The molecule has 0 spiro atoms. The van der Waals surface area contributed by atoms with Crippen LogP contribution in [0.4, 0.5) is 5.82 Å². The molecule has 1 amide bonds. The van der Waals surface area contributed by atoms with E-state index >= 15 is 0 Å². The molecular formula is C11H15N5O3S2. The number of imidazole rings is 1. The topological polar surface area (TPSA) is 119 Å². The highest BCUT2D eigenvalue weighted by Gasteiger charge is 2.25. The Morgan fingerprint density at radius 2 is 2.29 bits per heavy atom. The number of nitrogens with zero attached hydrogens (tertiary/aromatic N) is 2. The molecule has 0 saturated heterocycles. The Morgan fingerprint density at radius 3 is 3.00 bits per heavy atom. The number of hydrogen-bond acceptors (Lipinski definition) is 6. The third-order valence-corrected chi connectivity index (χ3v) is 5.34. The van der Waals surface area contributed by atoms with Crippen molar-refractivity contribution < 1.29 is 13.2 Å². The molecule has 1 saturated carbocycles. The van der Waals surface area contributed by atoms with Crippen LogP contribution in [0.15, 0.2) is 16.6 Å². The first kappa shape index (κ1) is 14.3. The number of anilines is 1. The summed E-state index contributed by atoms with van der Waals surface area (Å²) in [5, 5.41) is 4.44. The van der Waals surface area contributed by atoms with Gasteiger partial charge >= 0.3 is 0 Å². The summed E-state index contributed by atoms with van der Waals surface area (Å²) < 4.78 is 28.3. The largest absolute Gasteiger partial charge is 0.381 e. The first-order valence-electron chi connectivity index (χ1n) is 6.47. The van der Waals surface area contributed by atoms with Crippen molar-refractivity contribution in [1.29, 1.82) is 0 Å². The number of thiazole rings is 1. The average molecular weight is 329 g/mol. The number of fused-ring (bicyclic) bond motifs is 1. The van der Waals surface area contributed by atoms with E-state index in [0.29, 0.717) is 4.96 Å². The molecule has 0 unspecified atom stereocenters. The minimum atomic E-state index is -3.80. The van der Waals surface area contributed by atoms with Crippen LogP contribution in [0.25, 0.3) is 4.96 Å². The third kappa shape index (κ3) is 3.01. The van der Waals surface area contributed by atoms with E-state index in [1.165, 1.54) is 15.7 Å². The smallest absolute Gasteiger partial charge is 0.260 e. The van der Waals surface area contributed by atoms with Crippen LogP contribution in [0.3, 0.4) is 0 Å². The highest BCUT2D eigenvalue weighted by Crippen LogP contribution is 2.23. The molecule has 1 aliphatic carbocycles. The summed E-state index contributed by atoms with van der Waals surface area (Å²) in [4.78, 5) is 16.0. The van der Waals surface area contributed by atoms with Crippen LogP contribution in [-0.2, 0) is 14.8 Å². The molecule has 0 atom stereocenters. The SMILES string of the molecule is Nc1nc2sccn2c1S(=O)(=O)NCCC(=O)NC1CC1. The Balaban J connectivity index is 1.67. The number of carbonyl (C=O) groups is 1. The van der Waals surface area contributed by atoms with E-state index in [-0.39, 0.29) is 35.8 Å². The van der Waals surface area contributed by atoms with E-state index in [1.807, 2.05) is 0 Å². The molecule has 1 aliphatic rings. The number of hydrogen-bond donors (Lipinski definition) is 3.